The average molecular weight is 391 g/mol. The quantitative estimate of drug-likeness (QED) is 0.802. The lowest BCUT2D eigenvalue weighted by Crippen LogP contribution is -2.01. The van der Waals surface area contributed by atoms with Crippen molar-refractivity contribution in [3.63, 3.8) is 0 Å². The highest BCUT2D eigenvalue weighted by molar-refractivity contribution is 9.11. The number of aromatic carboxylic acids is 1. The maximum Gasteiger partial charge on any atom is 0.336 e. The van der Waals surface area contributed by atoms with Crippen LogP contribution in [0.1, 0.15) is 15.2 Å². The zero-order valence-corrected chi connectivity index (χ0v) is 13.1. The molecule has 3 nitrogen and oxygen atoms in total. The summed E-state index contributed by atoms with van der Waals surface area (Å²) in [6, 6.07) is 9.16. The monoisotopic (exact) mass is 389 g/mol. The van der Waals surface area contributed by atoms with Gasteiger partial charge in [-0.1, -0.05) is 0 Å². The lowest BCUT2D eigenvalue weighted by atomic mass is 10.2. The van der Waals surface area contributed by atoms with Gasteiger partial charge in [0.25, 0.3) is 0 Å². The maximum absolute atomic E-state index is 10.9. The lowest BCUT2D eigenvalue weighted by molar-refractivity contribution is 0.0696. The van der Waals surface area contributed by atoms with Crippen LogP contribution < -0.4 is 5.32 Å². The third-order valence-electron chi connectivity index (χ3n) is 2.30. The summed E-state index contributed by atoms with van der Waals surface area (Å²) in [5.74, 6) is -0.935. The van der Waals surface area contributed by atoms with E-state index in [0.29, 0.717) is 4.47 Å². The van der Waals surface area contributed by atoms with E-state index in [1.165, 1.54) is 4.88 Å². The number of hydrogen-bond donors (Lipinski definition) is 2. The molecule has 18 heavy (non-hydrogen) atoms. The molecule has 0 aliphatic heterocycles. The van der Waals surface area contributed by atoms with Gasteiger partial charge in [-0.15, -0.1) is 11.3 Å². The van der Waals surface area contributed by atoms with Gasteiger partial charge < -0.3 is 10.4 Å². The van der Waals surface area contributed by atoms with Crippen LogP contribution in [0.15, 0.2) is 38.6 Å². The summed E-state index contributed by atoms with van der Waals surface area (Å²) in [4.78, 5) is 12.1. The molecular formula is C12H9Br2NO2S. The van der Waals surface area contributed by atoms with Crippen LogP contribution in [0.3, 0.4) is 0 Å². The fourth-order valence-corrected chi connectivity index (χ4v) is 3.41. The van der Waals surface area contributed by atoms with E-state index in [-0.39, 0.29) is 5.56 Å². The molecule has 2 N–H and O–H groups in total. The topological polar surface area (TPSA) is 49.3 Å². The minimum absolute atomic E-state index is 0.263. The number of benzene rings is 1. The van der Waals surface area contributed by atoms with Crippen molar-refractivity contribution in [3.05, 3.63) is 49.0 Å². The fourth-order valence-electron chi connectivity index (χ4n) is 1.43. The number of anilines is 1. The second-order valence-electron chi connectivity index (χ2n) is 3.56. The highest BCUT2D eigenvalue weighted by atomic mass is 79.9. The predicted molar refractivity (Wildman–Crippen MR) is 80.4 cm³/mol. The highest BCUT2D eigenvalue weighted by Gasteiger charge is 2.08. The fraction of sp³-hybridized carbons (Fsp3) is 0.0833. The maximum atomic E-state index is 10.9. The number of halogens is 2. The van der Waals surface area contributed by atoms with E-state index in [1.54, 1.807) is 29.5 Å². The van der Waals surface area contributed by atoms with Gasteiger partial charge >= 0.3 is 5.97 Å². The molecule has 0 unspecified atom stereocenters. The largest absolute Gasteiger partial charge is 0.478 e. The zero-order chi connectivity index (χ0) is 13.1. The third-order valence-corrected chi connectivity index (χ3v) is 4.57. The molecule has 0 amide bonds. The molecule has 1 aromatic carbocycles. The van der Waals surface area contributed by atoms with E-state index < -0.39 is 5.97 Å². The van der Waals surface area contributed by atoms with Gasteiger partial charge in [-0.2, -0.15) is 0 Å². The van der Waals surface area contributed by atoms with E-state index >= 15 is 0 Å². The summed E-state index contributed by atoms with van der Waals surface area (Å²) in [5.41, 5.74) is 1.15. The van der Waals surface area contributed by atoms with Gasteiger partial charge in [0.1, 0.15) is 0 Å². The van der Waals surface area contributed by atoms with E-state index in [9.17, 15) is 4.79 Å². The Labute approximate surface area is 125 Å². The molecule has 1 aromatic heterocycles. The van der Waals surface area contributed by atoms with E-state index in [4.69, 9.17) is 5.11 Å². The van der Waals surface area contributed by atoms with Gasteiger partial charge in [0, 0.05) is 21.6 Å². The summed E-state index contributed by atoms with van der Waals surface area (Å²) < 4.78 is 1.68. The molecule has 0 atom stereocenters. The van der Waals surface area contributed by atoms with Crippen LogP contribution in [0, 0.1) is 0 Å². The first-order valence-corrected chi connectivity index (χ1v) is 7.47. The number of nitrogens with one attached hydrogen (secondary N) is 1. The molecule has 6 heteroatoms. The van der Waals surface area contributed by atoms with Gasteiger partial charge in [-0.25, -0.2) is 4.79 Å². The second-order valence-corrected chi connectivity index (χ2v) is 6.96. The van der Waals surface area contributed by atoms with Crippen LogP contribution >= 0.6 is 43.2 Å². The number of carboxylic acids is 1. The first-order chi connectivity index (χ1) is 8.56. The van der Waals surface area contributed by atoms with E-state index in [1.807, 2.05) is 12.1 Å². The molecule has 0 aliphatic rings. The molecule has 0 radical (unpaired) electrons. The van der Waals surface area contributed by atoms with Crippen molar-refractivity contribution >= 4 is 54.9 Å². The summed E-state index contributed by atoms with van der Waals surface area (Å²) in [6.07, 6.45) is 0. The molecule has 0 saturated carbocycles. The molecule has 0 saturated heterocycles. The molecule has 0 aliphatic carbocycles. The van der Waals surface area contributed by atoms with Crippen LogP contribution in [0.4, 0.5) is 5.69 Å². The summed E-state index contributed by atoms with van der Waals surface area (Å²) in [7, 11) is 0. The molecule has 0 spiro atoms. The smallest absolute Gasteiger partial charge is 0.336 e. The van der Waals surface area contributed by atoms with Gasteiger partial charge in [-0.3, -0.25) is 0 Å². The first kappa shape index (κ1) is 13.6. The zero-order valence-electron chi connectivity index (χ0n) is 9.11. The number of carboxylic acid groups (broad SMARTS) is 1. The Morgan fingerprint density at radius 3 is 2.61 bits per heavy atom. The second kappa shape index (κ2) is 5.86. The Bertz CT molecular complexity index is 583. The number of hydrogen-bond acceptors (Lipinski definition) is 3. The minimum Gasteiger partial charge on any atom is -0.478 e. The van der Waals surface area contributed by atoms with Crippen LogP contribution in [-0.4, -0.2) is 11.1 Å². The van der Waals surface area contributed by atoms with Crippen molar-refractivity contribution in [2.45, 2.75) is 6.54 Å². The number of thiophene rings is 1. The van der Waals surface area contributed by atoms with E-state index in [0.717, 1.165) is 16.0 Å². The van der Waals surface area contributed by atoms with Gasteiger partial charge in [0.15, 0.2) is 0 Å². The lowest BCUT2D eigenvalue weighted by Gasteiger charge is -2.06. The molecule has 0 bridgehead atoms. The van der Waals surface area contributed by atoms with Crippen molar-refractivity contribution in [2.75, 3.05) is 5.32 Å². The van der Waals surface area contributed by atoms with Gasteiger partial charge in [0.05, 0.1) is 9.35 Å². The molecule has 0 fully saturated rings. The van der Waals surface area contributed by atoms with Crippen LogP contribution in [0.2, 0.25) is 0 Å². The summed E-state index contributed by atoms with van der Waals surface area (Å²) in [5, 5.41) is 12.2. The predicted octanol–water partition coefficient (Wildman–Crippen LogP) is 4.58. The number of carbonyl (C=O) groups is 1. The Kier molecular flexibility index (Phi) is 4.42. The third kappa shape index (κ3) is 3.34. The normalized spacial score (nSPS) is 10.3. The Morgan fingerprint density at radius 1 is 1.28 bits per heavy atom. The van der Waals surface area contributed by atoms with Gasteiger partial charge in [0.2, 0.25) is 0 Å². The van der Waals surface area contributed by atoms with Crippen LogP contribution in [0.5, 0.6) is 0 Å². The Hall–Kier alpha value is -0.850. The Balaban J connectivity index is 2.06. The van der Waals surface area contributed by atoms with Gasteiger partial charge in [-0.05, 0) is 62.2 Å². The Morgan fingerprint density at radius 2 is 2.06 bits per heavy atom. The molecule has 2 rings (SSSR count). The van der Waals surface area contributed by atoms with Crippen molar-refractivity contribution in [1.82, 2.24) is 0 Å². The highest BCUT2D eigenvalue weighted by Crippen LogP contribution is 2.25. The molecular weight excluding hydrogens is 382 g/mol. The minimum atomic E-state index is -0.935. The summed E-state index contributed by atoms with van der Waals surface area (Å²) >= 11 is 8.33. The molecule has 1 heterocycles. The van der Waals surface area contributed by atoms with Crippen LogP contribution in [0.25, 0.3) is 0 Å². The van der Waals surface area contributed by atoms with Crippen molar-refractivity contribution in [1.29, 1.82) is 0 Å². The molecule has 2 aromatic rings. The average Bonchev–Trinajstić information content (AvgIpc) is 2.72. The van der Waals surface area contributed by atoms with E-state index in [2.05, 4.69) is 37.2 Å². The first-order valence-electron chi connectivity index (χ1n) is 5.07. The number of rotatable bonds is 4. The van der Waals surface area contributed by atoms with Crippen molar-refractivity contribution < 1.29 is 9.90 Å². The SMILES string of the molecule is O=C(O)c1ccc(NCc2ccc(Br)s2)cc1Br. The molecule has 94 valence electrons. The van der Waals surface area contributed by atoms with Crippen molar-refractivity contribution in [2.24, 2.45) is 0 Å². The van der Waals surface area contributed by atoms with Crippen LogP contribution in [-0.2, 0) is 6.54 Å². The summed E-state index contributed by atoms with van der Waals surface area (Å²) in [6.45, 7) is 0.717. The van der Waals surface area contributed by atoms with Crippen molar-refractivity contribution in [3.8, 4) is 0 Å². The standard InChI is InChI=1S/C12H9Br2NO2S/c13-10-5-7(1-3-9(10)12(16)17)15-6-8-2-4-11(14)18-8/h1-5,15H,6H2,(H,16,17).